The molecule has 0 amide bonds. The average Bonchev–Trinajstić information content (AvgIpc) is 2.79. The van der Waals surface area contributed by atoms with Crippen LogP contribution in [0.15, 0.2) is 22.9 Å². The highest BCUT2D eigenvalue weighted by atomic mass is 16.5. The third kappa shape index (κ3) is 2.19. The molecule has 0 spiro atoms. The second-order valence-electron chi connectivity index (χ2n) is 4.36. The lowest BCUT2D eigenvalue weighted by Gasteiger charge is -2.16. The lowest BCUT2D eigenvalue weighted by atomic mass is 10.0. The lowest BCUT2D eigenvalue weighted by molar-refractivity contribution is 0.378. The molecule has 2 rings (SSSR count). The van der Waals surface area contributed by atoms with Gasteiger partial charge in [-0.05, 0) is 31.9 Å². The highest BCUT2D eigenvalue weighted by Gasteiger charge is 2.26. The van der Waals surface area contributed by atoms with Crippen LogP contribution in [0.25, 0.3) is 11.6 Å². The molecule has 0 aromatic carbocycles. The first-order chi connectivity index (χ1) is 8.04. The Morgan fingerprint density at radius 3 is 2.88 bits per heavy atom. The Balaban J connectivity index is 2.40. The summed E-state index contributed by atoms with van der Waals surface area (Å²) in [6, 6.07) is 3.82. The second kappa shape index (κ2) is 4.25. The Morgan fingerprint density at radius 2 is 2.24 bits per heavy atom. The minimum Gasteiger partial charge on any atom is -0.332 e. The van der Waals surface area contributed by atoms with E-state index in [1.165, 1.54) is 0 Å². The van der Waals surface area contributed by atoms with Crippen molar-refractivity contribution in [2.24, 2.45) is 5.73 Å². The summed E-state index contributed by atoms with van der Waals surface area (Å²) in [6.45, 7) is 5.82. The van der Waals surface area contributed by atoms with Gasteiger partial charge in [-0.3, -0.25) is 4.98 Å². The molecule has 2 N–H and O–H groups in total. The highest BCUT2D eigenvalue weighted by Crippen LogP contribution is 2.23. The molecule has 5 heteroatoms. The fraction of sp³-hybridized carbons (Fsp3) is 0.417. The lowest BCUT2D eigenvalue weighted by Crippen LogP contribution is -2.33. The van der Waals surface area contributed by atoms with E-state index in [9.17, 15) is 0 Å². The smallest absolute Gasteiger partial charge is 0.276 e. The molecule has 90 valence electrons. The van der Waals surface area contributed by atoms with Crippen molar-refractivity contribution in [3.63, 3.8) is 0 Å². The maximum absolute atomic E-state index is 6.06. The molecule has 0 aliphatic heterocycles. The van der Waals surface area contributed by atoms with Gasteiger partial charge in [-0.1, -0.05) is 18.1 Å². The Kier molecular flexibility index (Phi) is 2.93. The van der Waals surface area contributed by atoms with Gasteiger partial charge in [0.2, 0.25) is 0 Å². The van der Waals surface area contributed by atoms with Crippen molar-refractivity contribution in [2.75, 3.05) is 0 Å². The van der Waals surface area contributed by atoms with Crippen LogP contribution >= 0.6 is 0 Å². The van der Waals surface area contributed by atoms with E-state index in [1.54, 1.807) is 6.20 Å². The van der Waals surface area contributed by atoms with Crippen LogP contribution in [-0.4, -0.2) is 15.1 Å². The van der Waals surface area contributed by atoms with Crippen molar-refractivity contribution in [3.05, 3.63) is 29.7 Å². The molecule has 0 aliphatic carbocycles. The summed E-state index contributed by atoms with van der Waals surface area (Å²) in [5.74, 6) is 0.934. The molecule has 17 heavy (non-hydrogen) atoms. The van der Waals surface area contributed by atoms with Crippen LogP contribution < -0.4 is 5.73 Å². The molecular formula is C12H16N4O. The normalized spacial score (nSPS) is 14.6. The number of hydrogen-bond donors (Lipinski definition) is 1. The van der Waals surface area contributed by atoms with Crippen LogP contribution in [0.3, 0.4) is 0 Å². The molecule has 0 saturated heterocycles. The summed E-state index contributed by atoms with van der Waals surface area (Å²) in [4.78, 5) is 8.55. The van der Waals surface area contributed by atoms with E-state index in [0.29, 0.717) is 17.4 Å². The summed E-state index contributed by atoms with van der Waals surface area (Å²) in [5.41, 5.74) is 7.20. The van der Waals surface area contributed by atoms with E-state index >= 15 is 0 Å². The Hall–Kier alpha value is -1.75. The van der Waals surface area contributed by atoms with Gasteiger partial charge in [-0.25, -0.2) is 0 Å². The molecule has 0 aliphatic rings. The summed E-state index contributed by atoms with van der Waals surface area (Å²) in [5, 5.41) is 3.93. The Labute approximate surface area is 100 Å². The molecule has 5 nitrogen and oxygen atoms in total. The minimum absolute atomic E-state index is 0.420. The van der Waals surface area contributed by atoms with Gasteiger partial charge in [0.15, 0.2) is 5.82 Å². The largest absolute Gasteiger partial charge is 0.332 e. The fourth-order valence-corrected chi connectivity index (χ4v) is 1.42. The van der Waals surface area contributed by atoms with E-state index in [1.807, 2.05) is 32.9 Å². The van der Waals surface area contributed by atoms with Crippen LogP contribution in [0.2, 0.25) is 0 Å². The van der Waals surface area contributed by atoms with Crippen molar-refractivity contribution >= 4 is 0 Å². The molecular weight excluding hydrogens is 216 g/mol. The van der Waals surface area contributed by atoms with E-state index in [-0.39, 0.29) is 0 Å². The van der Waals surface area contributed by atoms with Crippen molar-refractivity contribution < 1.29 is 4.52 Å². The molecule has 0 fully saturated rings. The number of pyridine rings is 1. The number of nitrogens with two attached hydrogens (primary N) is 1. The van der Waals surface area contributed by atoms with Crippen molar-refractivity contribution in [1.29, 1.82) is 0 Å². The zero-order valence-electron chi connectivity index (χ0n) is 10.3. The quantitative estimate of drug-likeness (QED) is 0.876. The molecule has 2 aromatic rings. The summed E-state index contributed by atoms with van der Waals surface area (Å²) in [6.07, 6.45) is 2.45. The van der Waals surface area contributed by atoms with Crippen molar-refractivity contribution in [2.45, 2.75) is 32.7 Å². The van der Waals surface area contributed by atoms with Crippen molar-refractivity contribution in [1.82, 2.24) is 15.1 Å². The first kappa shape index (κ1) is 11.7. The third-order valence-electron chi connectivity index (χ3n) is 2.88. The van der Waals surface area contributed by atoms with Gasteiger partial charge in [-0.2, -0.15) is 4.98 Å². The molecule has 2 aromatic heterocycles. The maximum Gasteiger partial charge on any atom is 0.276 e. The minimum atomic E-state index is -0.565. The van der Waals surface area contributed by atoms with Gasteiger partial charge in [0.1, 0.15) is 5.69 Å². The first-order valence-electron chi connectivity index (χ1n) is 5.59. The molecule has 0 radical (unpaired) electrons. The van der Waals surface area contributed by atoms with E-state index in [0.717, 1.165) is 12.0 Å². The van der Waals surface area contributed by atoms with E-state index < -0.39 is 5.54 Å². The van der Waals surface area contributed by atoms with Crippen LogP contribution in [0.4, 0.5) is 0 Å². The van der Waals surface area contributed by atoms with Gasteiger partial charge in [0.25, 0.3) is 5.89 Å². The van der Waals surface area contributed by atoms with Gasteiger partial charge in [0.05, 0.1) is 5.54 Å². The van der Waals surface area contributed by atoms with E-state index in [4.69, 9.17) is 10.3 Å². The topological polar surface area (TPSA) is 77.8 Å². The molecule has 0 saturated carbocycles. The fourth-order valence-electron chi connectivity index (χ4n) is 1.42. The maximum atomic E-state index is 6.06. The van der Waals surface area contributed by atoms with Crippen molar-refractivity contribution in [3.8, 4) is 11.6 Å². The average molecular weight is 232 g/mol. The SMILES string of the molecule is CCC(C)(N)c1noc(-c2ncccc2C)n1. The summed E-state index contributed by atoms with van der Waals surface area (Å²) in [7, 11) is 0. The third-order valence-corrected chi connectivity index (χ3v) is 2.88. The Bertz CT molecular complexity index is 519. The Morgan fingerprint density at radius 1 is 1.47 bits per heavy atom. The van der Waals surface area contributed by atoms with Gasteiger partial charge in [0, 0.05) is 6.20 Å². The number of rotatable bonds is 3. The van der Waals surface area contributed by atoms with Crippen LogP contribution in [0.1, 0.15) is 31.7 Å². The van der Waals surface area contributed by atoms with E-state index in [2.05, 4.69) is 15.1 Å². The van der Waals surface area contributed by atoms with Crippen LogP contribution in [0, 0.1) is 6.92 Å². The highest BCUT2D eigenvalue weighted by molar-refractivity contribution is 5.51. The standard InChI is InChI=1S/C12H16N4O/c1-4-12(3,13)11-15-10(17-16-11)9-8(2)6-5-7-14-9/h5-7H,4,13H2,1-3H3. The molecule has 1 unspecified atom stereocenters. The summed E-state index contributed by atoms with van der Waals surface area (Å²) >= 11 is 0. The predicted molar refractivity (Wildman–Crippen MR) is 64.1 cm³/mol. The number of hydrogen-bond acceptors (Lipinski definition) is 5. The molecule has 2 heterocycles. The van der Waals surface area contributed by atoms with Gasteiger partial charge >= 0.3 is 0 Å². The van der Waals surface area contributed by atoms with Gasteiger partial charge in [-0.15, -0.1) is 0 Å². The first-order valence-corrected chi connectivity index (χ1v) is 5.59. The monoisotopic (exact) mass is 232 g/mol. The summed E-state index contributed by atoms with van der Waals surface area (Å²) < 4.78 is 5.22. The van der Waals surface area contributed by atoms with Crippen LogP contribution in [-0.2, 0) is 5.54 Å². The molecule has 1 atom stereocenters. The van der Waals surface area contributed by atoms with Gasteiger partial charge < -0.3 is 10.3 Å². The zero-order chi connectivity index (χ0) is 12.5. The second-order valence-corrected chi connectivity index (χ2v) is 4.36. The predicted octanol–water partition coefficient (Wildman–Crippen LogP) is 2.02. The van der Waals surface area contributed by atoms with Crippen LogP contribution in [0.5, 0.6) is 0 Å². The number of nitrogens with zero attached hydrogens (tertiary/aromatic N) is 3. The number of aryl methyl sites for hydroxylation is 1. The number of aromatic nitrogens is 3. The zero-order valence-corrected chi connectivity index (χ0v) is 10.3. The molecule has 0 bridgehead atoms.